The van der Waals surface area contributed by atoms with Crippen molar-refractivity contribution < 1.29 is 9.53 Å². The zero-order valence-corrected chi connectivity index (χ0v) is 15.5. The number of benzene rings is 1. The van der Waals surface area contributed by atoms with Crippen LogP contribution in [0.1, 0.15) is 29.6 Å². The van der Waals surface area contributed by atoms with Crippen LogP contribution in [0.4, 0.5) is 11.5 Å². The zero-order valence-electron chi connectivity index (χ0n) is 15.5. The number of rotatable bonds is 5. The number of hydrogen-bond acceptors (Lipinski definition) is 5. The van der Waals surface area contributed by atoms with Gasteiger partial charge in [-0.15, -0.1) is 0 Å². The van der Waals surface area contributed by atoms with Crippen molar-refractivity contribution in [1.29, 1.82) is 0 Å². The van der Waals surface area contributed by atoms with Gasteiger partial charge in [-0.05, 0) is 49.6 Å². The Kier molecular flexibility index (Phi) is 5.47. The summed E-state index contributed by atoms with van der Waals surface area (Å²) >= 11 is 0. The van der Waals surface area contributed by atoms with Gasteiger partial charge in [-0.25, -0.2) is 9.97 Å². The Bertz CT molecular complexity index is 906. The van der Waals surface area contributed by atoms with E-state index in [2.05, 4.69) is 20.2 Å². The number of aromatic nitrogens is 2. The molecule has 0 bridgehead atoms. The molecule has 1 saturated heterocycles. The summed E-state index contributed by atoms with van der Waals surface area (Å²) in [7, 11) is 0. The van der Waals surface area contributed by atoms with E-state index in [1.165, 1.54) is 25.5 Å². The fourth-order valence-electron chi connectivity index (χ4n) is 3.17. The summed E-state index contributed by atoms with van der Waals surface area (Å²) in [6.07, 6.45) is 7.04. The van der Waals surface area contributed by atoms with Crippen LogP contribution >= 0.6 is 0 Å². The summed E-state index contributed by atoms with van der Waals surface area (Å²) in [5.41, 5.74) is 1.55. The molecule has 1 aromatic carbocycles. The highest BCUT2D eigenvalue weighted by Crippen LogP contribution is 2.21. The molecule has 3 aromatic rings. The Morgan fingerprint density at radius 3 is 2.39 bits per heavy atom. The quantitative estimate of drug-likeness (QED) is 0.712. The van der Waals surface area contributed by atoms with Crippen molar-refractivity contribution in [2.24, 2.45) is 0 Å². The minimum atomic E-state index is -0.253. The average molecular weight is 374 g/mol. The van der Waals surface area contributed by atoms with Gasteiger partial charge in [0.1, 0.15) is 11.6 Å². The lowest BCUT2D eigenvalue weighted by molar-refractivity contribution is 0.102. The van der Waals surface area contributed by atoms with Crippen LogP contribution in [0.15, 0.2) is 67.0 Å². The molecular weight excluding hydrogens is 352 g/mol. The van der Waals surface area contributed by atoms with Crippen molar-refractivity contribution in [1.82, 2.24) is 9.97 Å². The van der Waals surface area contributed by atoms with E-state index in [9.17, 15) is 4.79 Å². The smallest absolute Gasteiger partial charge is 0.258 e. The predicted octanol–water partition coefficient (Wildman–Crippen LogP) is 4.51. The highest BCUT2D eigenvalue weighted by molar-refractivity contribution is 6.03. The fraction of sp³-hybridized carbons (Fsp3) is 0.227. The van der Waals surface area contributed by atoms with E-state index in [-0.39, 0.29) is 5.91 Å². The molecule has 1 amide bonds. The second-order valence-corrected chi connectivity index (χ2v) is 6.70. The lowest BCUT2D eigenvalue weighted by Gasteiger charge is -2.28. The van der Waals surface area contributed by atoms with Crippen LogP contribution < -0.4 is 15.0 Å². The van der Waals surface area contributed by atoms with E-state index >= 15 is 0 Å². The van der Waals surface area contributed by atoms with Gasteiger partial charge >= 0.3 is 0 Å². The van der Waals surface area contributed by atoms with Crippen LogP contribution in [-0.4, -0.2) is 29.0 Å². The van der Waals surface area contributed by atoms with Gasteiger partial charge in [-0.3, -0.25) is 4.79 Å². The molecule has 0 spiro atoms. The Labute approximate surface area is 164 Å². The minimum absolute atomic E-state index is 0.253. The number of piperidine rings is 1. The van der Waals surface area contributed by atoms with Gasteiger partial charge in [0.15, 0.2) is 0 Å². The number of para-hydroxylation sites is 1. The van der Waals surface area contributed by atoms with E-state index in [0.717, 1.165) is 18.8 Å². The Morgan fingerprint density at radius 2 is 1.71 bits per heavy atom. The highest BCUT2D eigenvalue weighted by atomic mass is 16.5. The van der Waals surface area contributed by atoms with Gasteiger partial charge in [0.05, 0.1) is 17.4 Å². The number of nitrogens with zero attached hydrogens (tertiary/aromatic N) is 3. The average Bonchev–Trinajstić information content (AvgIpc) is 2.76. The highest BCUT2D eigenvalue weighted by Gasteiger charge is 2.12. The van der Waals surface area contributed by atoms with Gasteiger partial charge in [0.2, 0.25) is 5.88 Å². The molecule has 3 heterocycles. The first-order chi connectivity index (χ1) is 13.8. The standard InChI is InChI=1S/C22H22N4O2/c27-22(17-9-12-21(24-15-17)28-19-7-3-1-4-8-19)25-20-11-10-18(16-23-20)26-13-5-2-6-14-26/h1,3-4,7-12,15-16H,2,5-6,13-14H2,(H,23,25,27). The Morgan fingerprint density at radius 1 is 0.893 bits per heavy atom. The zero-order chi connectivity index (χ0) is 19.2. The molecule has 1 fully saturated rings. The SMILES string of the molecule is O=C(Nc1ccc(N2CCCCC2)cn1)c1ccc(Oc2ccccc2)nc1. The third-order valence-electron chi connectivity index (χ3n) is 4.67. The first kappa shape index (κ1) is 18.0. The van der Waals surface area contributed by atoms with E-state index in [1.807, 2.05) is 48.7 Å². The molecule has 2 aromatic heterocycles. The van der Waals surface area contributed by atoms with Crippen LogP contribution in [-0.2, 0) is 0 Å². The summed E-state index contributed by atoms with van der Waals surface area (Å²) < 4.78 is 5.64. The topological polar surface area (TPSA) is 67.4 Å². The summed E-state index contributed by atoms with van der Waals surface area (Å²) in [5.74, 6) is 1.41. The molecule has 142 valence electrons. The van der Waals surface area contributed by atoms with E-state index in [0.29, 0.717) is 23.0 Å². The first-order valence-electron chi connectivity index (χ1n) is 9.49. The number of carbonyl (C=O) groups excluding carboxylic acids is 1. The van der Waals surface area contributed by atoms with Crippen molar-refractivity contribution in [3.05, 3.63) is 72.6 Å². The predicted molar refractivity (Wildman–Crippen MR) is 109 cm³/mol. The van der Waals surface area contributed by atoms with E-state index in [4.69, 9.17) is 4.74 Å². The summed E-state index contributed by atoms with van der Waals surface area (Å²) in [6, 6.07) is 16.6. The molecule has 0 saturated carbocycles. The van der Waals surface area contributed by atoms with Gasteiger partial charge in [-0.1, -0.05) is 18.2 Å². The third-order valence-corrected chi connectivity index (χ3v) is 4.67. The van der Waals surface area contributed by atoms with Crippen molar-refractivity contribution in [3.8, 4) is 11.6 Å². The van der Waals surface area contributed by atoms with Crippen LogP contribution in [0, 0.1) is 0 Å². The molecule has 1 N–H and O–H groups in total. The molecular formula is C22H22N4O2. The molecule has 6 nitrogen and oxygen atoms in total. The minimum Gasteiger partial charge on any atom is -0.439 e. The summed E-state index contributed by atoms with van der Waals surface area (Å²) in [5, 5.41) is 2.81. The Balaban J connectivity index is 1.36. The molecule has 6 heteroatoms. The molecule has 0 unspecified atom stereocenters. The molecule has 1 aliphatic rings. The normalized spacial score (nSPS) is 13.8. The molecule has 0 atom stereocenters. The number of ether oxygens (including phenoxy) is 1. The van der Waals surface area contributed by atoms with Gasteiger partial charge in [-0.2, -0.15) is 0 Å². The molecule has 1 aliphatic heterocycles. The maximum absolute atomic E-state index is 12.4. The second kappa shape index (κ2) is 8.52. The molecule has 0 radical (unpaired) electrons. The number of hydrogen-bond donors (Lipinski definition) is 1. The van der Waals surface area contributed by atoms with Crippen LogP contribution in [0.25, 0.3) is 0 Å². The maximum atomic E-state index is 12.4. The lowest BCUT2D eigenvalue weighted by Crippen LogP contribution is -2.29. The largest absolute Gasteiger partial charge is 0.439 e. The first-order valence-corrected chi connectivity index (χ1v) is 9.49. The van der Waals surface area contributed by atoms with Gasteiger partial charge in [0, 0.05) is 25.4 Å². The van der Waals surface area contributed by atoms with Crippen LogP contribution in [0.5, 0.6) is 11.6 Å². The number of anilines is 2. The monoisotopic (exact) mass is 374 g/mol. The number of nitrogens with one attached hydrogen (secondary N) is 1. The van der Waals surface area contributed by atoms with Crippen molar-refractivity contribution in [3.63, 3.8) is 0 Å². The van der Waals surface area contributed by atoms with E-state index < -0.39 is 0 Å². The van der Waals surface area contributed by atoms with Crippen molar-refractivity contribution in [2.75, 3.05) is 23.3 Å². The van der Waals surface area contributed by atoms with Gasteiger partial charge < -0.3 is 15.0 Å². The van der Waals surface area contributed by atoms with Crippen LogP contribution in [0.2, 0.25) is 0 Å². The molecule has 4 rings (SSSR count). The third kappa shape index (κ3) is 4.46. The van der Waals surface area contributed by atoms with Gasteiger partial charge in [0.25, 0.3) is 5.91 Å². The molecule has 0 aliphatic carbocycles. The summed E-state index contributed by atoms with van der Waals surface area (Å²) in [4.78, 5) is 23.3. The maximum Gasteiger partial charge on any atom is 0.258 e. The van der Waals surface area contributed by atoms with Crippen LogP contribution in [0.3, 0.4) is 0 Å². The number of carbonyl (C=O) groups is 1. The second-order valence-electron chi connectivity index (χ2n) is 6.70. The van der Waals surface area contributed by atoms with Crippen molar-refractivity contribution in [2.45, 2.75) is 19.3 Å². The summed E-state index contributed by atoms with van der Waals surface area (Å²) in [6.45, 7) is 2.13. The number of pyridine rings is 2. The Hall–Kier alpha value is -3.41. The molecule has 28 heavy (non-hydrogen) atoms. The van der Waals surface area contributed by atoms with E-state index in [1.54, 1.807) is 12.1 Å². The number of amides is 1. The van der Waals surface area contributed by atoms with Crippen molar-refractivity contribution >= 4 is 17.4 Å². The lowest BCUT2D eigenvalue weighted by atomic mass is 10.1. The fourth-order valence-corrected chi connectivity index (χ4v) is 3.17.